The Morgan fingerprint density at radius 1 is 1.08 bits per heavy atom. The number of hydrogen-bond acceptors (Lipinski definition) is 3. The Bertz CT molecular complexity index is 671. The second-order valence-corrected chi connectivity index (χ2v) is 6.36. The highest BCUT2D eigenvalue weighted by Crippen LogP contribution is 2.13. The summed E-state index contributed by atoms with van der Waals surface area (Å²) in [7, 11) is 2.11. The van der Waals surface area contributed by atoms with Crippen molar-refractivity contribution in [2.75, 3.05) is 7.05 Å². The fourth-order valence-corrected chi connectivity index (χ4v) is 2.41. The zero-order chi connectivity index (χ0) is 17.5. The molecule has 0 saturated heterocycles. The maximum absolute atomic E-state index is 12.3. The SMILES string of the molecule is CC(C)N(C)Cc1ccccc1CNC(=O)c1ccc(CN)cc1.Cl. The van der Waals surface area contributed by atoms with Crippen molar-refractivity contribution >= 4 is 18.3 Å². The van der Waals surface area contributed by atoms with E-state index in [-0.39, 0.29) is 18.3 Å². The molecule has 0 atom stereocenters. The standard InChI is InChI=1S/C20H27N3O.ClH/c1-15(2)23(3)14-19-7-5-4-6-18(19)13-22-20(24)17-10-8-16(12-21)9-11-17;/h4-11,15H,12-14,21H2,1-3H3,(H,22,24);1H. The molecule has 0 radical (unpaired) electrons. The number of nitrogens with zero attached hydrogens (tertiary/aromatic N) is 1. The van der Waals surface area contributed by atoms with Crippen LogP contribution in [0.2, 0.25) is 0 Å². The largest absolute Gasteiger partial charge is 0.348 e. The van der Waals surface area contributed by atoms with Gasteiger partial charge in [0.05, 0.1) is 0 Å². The summed E-state index contributed by atoms with van der Waals surface area (Å²) in [4.78, 5) is 14.6. The summed E-state index contributed by atoms with van der Waals surface area (Å²) in [6.45, 7) is 6.23. The third-order valence-corrected chi connectivity index (χ3v) is 4.31. The van der Waals surface area contributed by atoms with Gasteiger partial charge >= 0.3 is 0 Å². The number of hydrogen-bond donors (Lipinski definition) is 2. The highest BCUT2D eigenvalue weighted by molar-refractivity contribution is 5.94. The van der Waals surface area contributed by atoms with Crippen molar-refractivity contribution < 1.29 is 4.79 Å². The Hall–Kier alpha value is -1.88. The van der Waals surface area contributed by atoms with E-state index in [1.165, 1.54) is 5.56 Å². The number of halogens is 1. The number of rotatable bonds is 7. The average Bonchev–Trinajstić information content (AvgIpc) is 2.60. The van der Waals surface area contributed by atoms with Gasteiger partial charge in [-0.05, 0) is 49.7 Å². The summed E-state index contributed by atoms with van der Waals surface area (Å²) in [5, 5.41) is 3.01. The van der Waals surface area contributed by atoms with Gasteiger partial charge < -0.3 is 11.1 Å². The molecule has 0 aliphatic heterocycles. The summed E-state index contributed by atoms with van der Waals surface area (Å²) in [5.41, 5.74) is 9.65. The van der Waals surface area contributed by atoms with E-state index >= 15 is 0 Å². The molecule has 4 nitrogen and oxygen atoms in total. The first-order valence-electron chi connectivity index (χ1n) is 8.35. The van der Waals surface area contributed by atoms with Crippen molar-refractivity contribution in [3.8, 4) is 0 Å². The van der Waals surface area contributed by atoms with Crippen LogP contribution in [-0.4, -0.2) is 23.9 Å². The molecule has 136 valence electrons. The van der Waals surface area contributed by atoms with Crippen LogP contribution in [0, 0.1) is 0 Å². The number of carbonyl (C=O) groups excluding carboxylic acids is 1. The van der Waals surface area contributed by atoms with Gasteiger partial charge in [0.15, 0.2) is 0 Å². The van der Waals surface area contributed by atoms with E-state index in [2.05, 4.69) is 43.2 Å². The maximum Gasteiger partial charge on any atom is 0.251 e. The lowest BCUT2D eigenvalue weighted by Crippen LogP contribution is -2.27. The van der Waals surface area contributed by atoms with Crippen molar-refractivity contribution in [2.45, 2.75) is 39.5 Å². The van der Waals surface area contributed by atoms with Crippen LogP contribution in [-0.2, 0) is 19.6 Å². The summed E-state index contributed by atoms with van der Waals surface area (Å²) in [6.07, 6.45) is 0. The minimum Gasteiger partial charge on any atom is -0.348 e. The Labute approximate surface area is 156 Å². The fraction of sp³-hybridized carbons (Fsp3) is 0.350. The molecule has 0 aliphatic rings. The van der Waals surface area contributed by atoms with Crippen LogP contribution in [0.3, 0.4) is 0 Å². The molecule has 25 heavy (non-hydrogen) atoms. The van der Waals surface area contributed by atoms with Gasteiger partial charge in [0, 0.05) is 31.2 Å². The van der Waals surface area contributed by atoms with Gasteiger partial charge in [0.2, 0.25) is 0 Å². The summed E-state index contributed by atoms with van der Waals surface area (Å²) >= 11 is 0. The average molecular weight is 362 g/mol. The van der Waals surface area contributed by atoms with E-state index in [0.717, 1.165) is 17.7 Å². The Kier molecular flexibility index (Phi) is 8.62. The minimum atomic E-state index is -0.0643. The molecule has 0 heterocycles. The predicted octanol–water partition coefficient (Wildman–Crippen LogP) is 3.34. The van der Waals surface area contributed by atoms with E-state index < -0.39 is 0 Å². The van der Waals surface area contributed by atoms with Crippen LogP contribution in [0.4, 0.5) is 0 Å². The van der Waals surface area contributed by atoms with Crippen LogP contribution in [0.5, 0.6) is 0 Å². The van der Waals surface area contributed by atoms with E-state index in [4.69, 9.17) is 5.73 Å². The van der Waals surface area contributed by atoms with Gasteiger partial charge in [-0.2, -0.15) is 0 Å². The molecule has 2 aromatic carbocycles. The smallest absolute Gasteiger partial charge is 0.251 e. The number of nitrogens with two attached hydrogens (primary N) is 1. The van der Waals surface area contributed by atoms with Crippen LogP contribution in [0.15, 0.2) is 48.5 Å². The van der Waals surface area contributed by atoms with Crippen LogP contribution in [0.25, 0.3) is 0 Å². The Morgan fingerprint density at radius 3 is 2.24 bits per heavy atom. The number of benzene rings is 2. The first-order chi connectivity index (χ1) is 11.5. The molecule has 0 unspecified atom stereocenters. The molecule has 2 aromatic rings. The highest BCUT2D eigenvalue weighted by atomic mass is 35.5. The van der Waals surface area contributed by atoms with Crippen molar-refractivity contribution in [1.82, 2.24) is 10.2 Å². The normalized spacial score (nSPS) is 10.6. The quantitative estimate of drug-likeness (QED) is 0.795. The van der Waals surface area contributed by atoms with Crippen LogP contribution in [0.1, 0.15) is 40.9 Å². The predicted molar refractivity (Wildman–Crippen MR) is 106 cm³/mol. The number of nitrogens with one attached hydrogen (secondary N) is 1. The Balaban J connectivity index is 0.00000312. The van der Waals surface area contributed by atoms with E-state index in [9.17, 15) is 4.79 Å². The fourth-order valence-electron chi connectivity index (χ4n) is 2.41. The number of carbonyl (C=O) groups is 1. The number of amides is 1. The van der Waals surface area contributed by atoms with E-state index in [1.807, 2.05) is 36.4 Å². The molecule has 3 N–H and O–H groups in total. The van der Waals surface area contributed by atoms with Gasteiger partial charge in [0.1, 0.15) is 0 Å². The van der Waals surface area contributed by atoms with E-state index in [0.29, 0.717) is 24.7 Å². The molecule has 0 fully saturated rings. The van der Waals surface area contributed by atoms with Gasteiger partial charge in [-0.15, -0.1) is 12.4 Å². The summed E-state index contributed by atoms with van der Waals surface area (Å²) in [6, 6.07) is 16.1. The summed E-state index contributed by atoms with van der Waals surface area (Å²) < 4.78 is 0. The molecular formula is C20H28ClN3O. The van der Waals surface area contributed by atoms with Crippen LogP contribution >= 0.6 is 12.4 Å². The lowest BCUT2D eigenvalue weighted by atomic mass is 10.1. The molecule has 0 aromatic heterocycles. The first-order valence-corrected chi connectivity index (χ1v) is 8.35. The maximum atomic E-state index is 12.3. The van der Waals surface area contributed by atoms with Crippen molar-refractivity contribution in [3.63, 3.8) is 0 Å². The second kappa shape index (κ2) is 10.2. The van der Waals surface area contributed by atoms with Crippen LogP contribution < -0.4 is 11.1 Å². The molecule has 2 rings (SSSR count). The van der Waals surface area contributed by atoms with Gasteiger partial charge in [-0.3, -0.25) is 9.69 Å². The molecule has 0 saturated carbocycles. The Morgan fingerprint density at radius 2 is 1.68 bits per heavy atom. The van der Waals surface area contributed by atoms with Crippen molar-refractivity contribution in [1.29, 1.82) is 0 Å². The molecular weight excluding hydrogens is 334 g/mol. The van der Waals surface area contributed by atoms with Gasteiger partial charge in [-0.1, -0.05) is 36.4 Å². The molecule has 0 aliphatic carbocycles. The first kappa shape index (κ1) is 21.2. The van der Waals surface area contributed by atoms with E-state index in [1.54, 1.807) is 0 Å². The monoisotopic (exact) mass is 361 g/mol. The van der Waals surface area contributed by atoms with Gasteiger partial charge in [-0.25, -0.2) is 0 Å². The topological polar surface area (TPSA) is 58.4 Å². The zero-order valence-corrected chi connectivity index (χ0v) is 16.0. The lowest BCUT2D eigenvalue weighted by molar-refractivity contribution is 0.0950. The van der Waals surface area contributed by atoms with Crippen molar-refractivity contribution in [3.05, 3.63) is 70.8 Å². The molecule has 1 amide bonds. The zero-order valence-electron chi connectivity index (χ0n) is 15.2. The third kappa shape index (κ3) is 6.16. The van der Waals surface area contributed by atoms with Crippen molar-refractivity contribution in [2.24, 2.45) is 5.73 Å². The molecule has 0 spiro atoms. The minimum absolute atomic E-state index is 0. The highest BCUT2D eigenvalue weighted by Gasteiger charge is 2.10. The third-order valence-electron chi connectivity index (χ3n) is 4.31. The molecule has 5 heteroatoms. The van der Waals surface area contributed by atoms with Gasteiger partial charge in [0.25, 0.3) is 5.91 Å². The second-order valence-electron chi connectivity index (χ2n) is 6.36. The molecule has 0 bridgehead atoms. The lowest BCUT2D eigenvalue weighted by Gasteiger charge is -2.22. The summed E-state index contributed by atoms with van der Waals surface area (Å²) in [5.74, 6) is -0.0643.